The Hall–Kier alpha value is -3.64. The van der Waals surface area contributed by atoms with E-state index < -0.39 is 68.0 Å². The van der Waals surface area contributed by atoms with Crippen LogP contribution in [-0.2, 0) is 71.5 Å². The molecule has 14 aliphatic carbocycles. The molecule has 2 amide bonds. The van der Waals surface area contributed by atoms with Gasteiger partial charge in [0.25, 0.3) is 10.1 Å². The number of imide groups is 1. The quantitative estimate of drug-likeness (QED) is 0.0581. The van der Waals surface area contributed by atoms with Gasteiger partial charge in [0.1, 0.15) is 29.0 Å². The van der Waals surface area contributed by atoms with Crippen LogP contribution in [0.5, 0.6) is 0 Å². The van der Waals surface area contributed by atoms with Crippen molar-refractivity contribution in [1.82, 2.24) is 4.90 Å². The summed E-state index contributed by atoms with van der Waals surface area (Å²) in [7, 11) is -3.53. The van der Waals surface area contributed by atoms with Crippen LogP contribution in [-0.4, -0.2) is 113 Å². The SMILES string of the molecule is C.C.C.C.C.C.C.C.C.C.CCC(C)(C)C(=O)N1C(=O)C2C3CC(C4CCCC43)C21.CCC(C)(C)C(=O)OC1(CC)C2CC3CC(C2)CC1C3.CCC(C)(C)C(=O)OC12CC3CC(CC(O)(C3)C1)C2.CCC(C)(C)C(=O)OCC(=O)OC1C2CC3C1OS(=O)(=O)C3C2.CCC1(OC(=O)C(C)(C)CC)CCCCC1. The van der Waals surface area contributed by atoms with E-state index in [-0.39, 0.29) is 155 Å². The summed E-state index contributed by atoms with van der Waals surface area (Å²) in [4.78, 5) is 87.8. The van der Waals surface area contributed by atoms with Gasteiger partial charge in [-0.25, -0.2) is 4.79 Å². The van der Waals surface area contributed by atoms with Gasteiger partial charge in [-0.2, -0.15) is 8.42 Å². The average Bonchev–Trinajstić information content (AvgIpc) is 1.50. The van der Waals surface area contributed by atoms with Gasteiger partial charge in [-0.3, -0.25) is 37.9 Å². The number of hydrogen-bond donors (Lipinski definition) is 1. The topological polar surface area (TPSA) is 232 Å². The van der Waals surface area contributed by atoms with E-state index in [2.05, 4.69) is 20.8 Å². The van der Waals surface area contributed by atoms with E-state index in [0.29, 0.717) is 61.2 Å². The Labute approximate surface area is 662 Å². The summed E-state index contributed by atoms with van der Waals surface area (Å²) in [6.07, 6.45) is 29.2. The van der Waals surface area contributed by atoms with Crippen LogP contribution in [0.15, 0.2) is 0 Å². The highest BCUT2D eigenvalue weighted by Gasteiger charge is 2.71. The normalized spacial score (nSPS) is 35.0. The van der Waals surface area contributed by atoms with Gasteiger partial charge >= 0.3 is 29.8 Å². The molecule has 0 aromatic carbocycles. The number of rotatable bonds is 18. The third-order valence-corrected chi connectivity index (χ3v) is 30.9. The molecule has 17 nitrogen and oxygen atoms in total. The fraction of sp³-hybridized carbons (Fsp3) is 0.922. The van der Waals surface area contributed by atoms with Crippen molar-refractivity contribution in [3.05, 3.63) is 0 Å². The van der Waals surface area contributed by atoms with E-state index in [9.17, 15) is 47.1 Å². The van der Waals surface area contributed by atoms with E-state index >= 15 is 0 Å². The summed E-state index contributed by atoms with van der Waals surface area (Å²) in [5.74, 6) is 6.30. The van der Waals surface area contributed by atoms with Gasteiger partial charge in [0.05, 0.1) is 44.5 Å². The highest BCUT2D eigenvalue weighted by Crippen LogP contribution is 2.67. The lowest BCUT2D eigenvalue weighted by atomic mass is 9.49. The van der Waals surface area contributed by atoms with Crippen molar-refractivity contribution in [2.45, 2.75) is 424 Å². The second-order valence-corrected chi connectivity index (χ2v) is 39.1. The standard InChI is InChI=1S/C18H30O2.C17H25NO2.C16H26O3.C15H22O7S.C14H26O2.10CH4/c1-5-17(3,4)16(19)20-18(6-2)14-8-12-7-13(10-14)11-15(18)9-12;1-4-17(2,3)16(20)18-14-12-8-11(13(14)15(18)19)9-6-5-7-10(9)12;1-4-14(2,3)13(17)19-16-8-11-5-12(9-16)7-15(18,6-11)10-16;1-4-15(2,3)14(17)20-7-11(16)21-12-8-5-9-10(6-8)23(18,19)22-13(9)12;1-5-13(3,4)12(15)16-14(6-2)10-8-7-9-11-14;;;;;;;;;;/h12-15H,5-11H2,1-4H3;9-14H,4-8H2,1-3H3;11-12,18H,4-10H2,1-3H3;8-10,12-13H,4-7H2,1-3H3;5-11H2,1-4H3;10*1H4. The predicted molar refractivity (Wildman–Crippen MR) is 441 cm³/mol. The summed E-state index contributed by atoms with van der Waals surface area (Å²) in [6.45, 7) is 33.3. The molecular weight excluding hydrogens is 1380 g/mol. The number of aliphatic hydroxyl groups is 1. The molecule has 13 unspecified atom stereocenters. The largest absolute Gasteiger partial charge is 0.459 e. The molecule has 16 fully saturated rings. The molecule has 0 aromatic heterocycles. The van der Waals surface area contributed by atoms with Crippen molar-refractivity contribution < 1.29 is 75.0 Å². The summed E-state index contributed by atoms with van der Waals surface area (Å²) in [5.41, 5.74) is -3.32. The fourth-order valence-electron chi connectivity index (χ4n) is 21.6. The third kappa shape index (κ3) is 20.2. The lowest BCUT2D eigenvalue weighted by molar-refractivity contribution is -0.225. The van der Waals surface area contributed by atoms with Crippen molar-refractivity contribution >= 4 is 51.8 Å². The van der Waals surface area contributed by atoms with E-state index in [1.165, 1.54) is 83.5 Å². The first-order valence-corrected chi connectivity index (χ1v) is 40.8. The van der Waals surface area contributed by atoms with Crippen LogP contribution in [0.2, 0.25) is 0 Å². The van der Waals surface area contributed by atoms with Crippen molar-refractivity contribution in [3.63, 3.8) is 0 Å². The molecule has 16 aliphatic rings. The van der Waals surface area contributed by atoms with Crippen molar-refractivity contribution in [3.8, 4) is 0 Å². The smallest absolute Gasteiger partial charge is 0.344 e. The summed E-state index contributed by atoms with van der Waals surface area (Å²) >= 11 is 0. The van der Waals surface area contributed by atoms with E-state index in [4.69, 9.17) is 27.9 Å². The highest BCUT2D eigenvalue weighted by atomic mass is 32.2. The van der Waals surface area contributed by atoms with Crippen LogP contribution < -0.4 is 0 Å². The fourth-order valence-corrected chi connectivity index (χ4v) is 23.5. The Morgan fingerprint density at radius 2 is 0.954 bits per heavy atom. The number of nitrogens with zero attached hydrogens (tertiary/aromatic N) is 1. The van der Waals surface area contributed by atoms with E-state index in [1.807, 2.05) is 83.1 Å². The van der Waals surface area contributed by atoms with Gasteiger partial charge in [0.2, 0.25) is 11.8 Å². The molecule has 12 bridgehead atoms. The number of esters is 5. The zero-order chi connectivity index (χ0) is 71.9. The van der Waals surface area contributed by atoms with Crippen LogP contribution in [0.25, 0.3) is 0 Å². The zero-order valence-electron chi connectivity index (χ0n) is 63.5. The minimum Gasteiger partial charge on any atom is -0.459 e. The van der Waals surface area contributed by atoms with E-state index in [0.717, 1.165) is 101 Å². The number of fused-ring (bicyclic) bond motifs is 9. The minimum atomic E-state index is -3.53. The first-order valence-electron chi connectivity index (χ1n) is 39.3. The number of carbonyl (C=O) groups is 7. The average molecular weight is 1550 g/mol. The Bertz CT molecular complexity index is 3020. The van der Waals surface area contributed by atoms with Gasteiger partial charge in [0.15, 0.2) is 6.61 Å². The first-order chi connectivity index (χ1) is 45.7. The Morgan fingerprint density at radius 1 is 0.500 bits per heavy atom. The molecule has 2 saturated heterocycles. The second-order valence-electron chi connectivity index (χ2n) is 37.3. The predicted octanol–water partition coefficient (Wildman–Crippen LogP) is 21.9. The molecule has 0 spiro atoms. The number of likely N-dealkylation sites (tertiary alicyclic amines) is 1. The molecule has 2 heterocycles. The van der Waals surface area contributed by atoms with Crippen LogP contribution in [0.1, 0.15) is 378 Å². The first kappa shape index (κ1) is 104. The maximum absolute atomic E-state index is 12.7. The minimum absolute atomic E-state index is 0. The molecule has 108 heavy (non-hydrogen) atoms. The van der Waals surface area contributed by atoms with Gasteiger partial charge in [-0.15, -0.1) is 0 Å². The van der Waals surface area contributed by atoms with Gasteiger partial charge in [-0.05, 0) is 282 Å². The number of ether oxygens (including phenoxy) is 5. The lowest BCUT2D eigenvalue weighted by Gasteiger charge is -2.60. The molecule has 636 valence electrons. The molecule has 0 aromatic rings. The lowest BCUT2D eigenvalue weighted by Crippen LogP contribution is -2.68. The van der Waals surface area contributed by atoms with Crippen LogP contribution >= 0.6 is 0 Å². The van der Waals surface area contributed by atoms with Gasteiger partial charge < -0.3 is 28.8 Å². The zero-order valence-corrected chi connectivity index (χ0v) is 64.3. The number of hydrogen-bond acceptors (Lipinski definition) is 16. The molecule has 1 N–H and O–H groups in total. The second kappa shape index (κ2) is 38.7. The van der Waals surface area contributed by atoms with Gasteiger partial charge in [0, 0.05) is 23.7 Å². The number of amides is 2. The van der Waals surface area contributed by atoms with Crippen molar-refractivity contribution in [2.75, 3.05) is 6.61 Å². The van der Waals surface area contributed by atoms with Crippen LogP contribution in [0.3, 0.4) is 0 Å². The van der Waals surface area contributed by atoms with E-state index in [1.54, 1.807) is 18.7 Å². The maximum atomic E-state index is 12.7. The monoisotopic (exact) mass is 1550 g/mol. The summed E-state index contributed by atoms with van der Waals surface area (Å²) in [6, 6.07) is 0.269. The molecule has 18 heteroatoms. The molecule has 13 atom stereocenters. The van der Waals surface area contributed by atoms with Crippen molar-refractivity contribution in [1.29, 1.82) is 0 Å². The highest BCUT2D eigenvalue weighted by molar-refractivity contribution is 7.87. The van der Waals surface area contributed by atoms with Crippen LogP contribution in [0, 0.1) is 104 Å². The molecule has 2 aliphatic heterocycles. The van der Waals surface area contributed by atoms with Crippen molar-refractivity contribution in [2.24, 2.45) is 104 Å². The molecule has 0 radical (unpaired) electrons. The molecular formula is C90H169NO16S. The maximum Gasteiger partial charge on any atom is 0.344 e. The number of carbonyl (C=O) groups excluding carboxylic acids is 7. The molecule has 14 saturated carbocycles. The summed E-state index contributed by atoms with van der Waals surface area (Å²) in [5, 5.41) is 10.2. The number of β-lactam (4-membered cyclic amide) rings is 1. The Morgan fingerprint density at radius 3 is 1.42 bits per heavy atom. The molecule has 16 rings (SSSR count). The van der Waals surface area contributed by atoms with Crippen LogP contribution in [0.4, 0.5) is 0 Å². The Kier molecular flexibility index (Phi) is 37.4. The summed E-state index contributed by atoms with van der Waals surface area (Å²) < 4.78 is 57.3. The Balaban J connectivity index is 0.00000130. The third-order valence-electron chi connectivity index (χ3n) is 29.1. The van der Waals surface area contributed by atoms with Gasteiger partial charge in [-0.1, -0.05) is 149 Å².